The molecule has 6 nitrogen and oxygen atoms in total. The van der Waals surface area contributed by atoms with Gasteiger partial charge < -0.3 is 4.74 Å². The Kier molecular flexibility index (Phi) is 3.78. The molecule has 0 radical (unpaired) electrons. The highest BCUT2D eigenvalue weighted by Gasteiger charge is 2.47. The van der Waals surface area contributed by atoms with E-state index in [2.05, 4.69) is 19.9 Å². The van der Waals surface area contributed by atoms with Gasteiger partial charge >= 0.3 is 5.97 Å². The summed E-state index contributed by atoms with van der Waals surface area (Å²) in [6.45, 7) is 0. The van der Waals surface area contributed by atoms with Crippen LogP contribution in [0.3, 0.4) is 0 Å². The Morgan fingerprint density at radius 1 is 1.17 bits per heavy atom. The largest absolute Gasteiger partial charge is 0.425 e. The fourth-order valence-corrected chi connectivity index (χ4v) is 3.02. The Balaban J connectivity index is 1.52. The van der Waals surface area contributed by atoms with Crippen LogP contribution in [0.1, 0.15) is 18.2 Å². The summed E-state index contributed by atoms with van der Waals surface area (Å²) in [6.07, 6.45) is 5.45. The second-order valence-electron chi connectivity index (χ2n) is 5.44. The van der Waals surface area contributed by atoms with Gasteiger partial charge in [-0.1, -0.05) is 23.2 Å². The first-order valence-corrected chi connectivity index (χ1v) is 7.98. The SMILES string of the molecule is O=C(Oc1cnc2c(Cl)cc(Cl)nc2c1)C1CC1c1ncccn1. The number of hydrogen-bond donors (Lipinski definition) is 0. The average molecular weight is 361 g/mol. The fraction of sp³-hybridized carbons (Fsp3) is 0.188. The third-order valence-corrected chi connectivity index (χ3v) is 4.25. The molecular formula is C16H10Cl2N4O2. The second kappa shape index (κ2) is 5.96. The van der Waals surface area contributed by atoms with Gasteiger partial charge in [-0.3, -0.25) is 4.79 Å². The molecule has 3 aromatic rings. The minimum absolute atomic E-state index is 0.00845. The van der Waals surface area contributed by atoms with Crippen molar-refractivity contribution in [2.45, 2.75) is 12.3 Å². The second-order valence-corrected chi connectivity index (χ2v) is 6.24. The molecule has 1 fully saturated rings. The van der Waals surface area contributed by atoms with Gasteiger partial charge in [-0.25, -0.2) is 19.9 Å². The number of nitrogens with zero attached hydrogens (tertiary/aromatic N) is 4. The van der Waals surface area contributed by atoms with Crippen molar-refractivity contribution in [2.75, 3.05) is 0 Å². The minimum atomic E-state index is -0.332. The summed E-state index contributed by atoms with van der Waals surface area (Å²) in [6, 6.07) is 4.84. The predicted molar refractivity (Wildman–Crippen MR) is 88.1 cm³/mol. The van der Waals surface area contributed by atoms with E-state index in [9.17, 15) is 4.79 Å². The molecule has 8 heteroatoms. The van der Waals surface area contributed by atoms with Gasteiger partial charge in [-0.05, 0) is 18.6 Å². The predicted octanol–water partition coefficient (Wildman–Crippen LogP) is 3.44. The molecule has 4 rings (SSSR count). The molecule has 0 aliphatic heterocycles. The van der Waals surface area contributed by atoms with Crippen LogP contribution >= 0.6 is 23.2 Å². The molecular weight excluding hydrogens is 351 g/mol. The van der Waals surface area contributed by atoms with Crippen LogP contribution in [0.25, 0.3) is 11.0 Å². The summed E-state index contributed by atoms with van der Waals surface area (Å²) in [5.74, 6) is 0.407. The summed E-state index contributed by atoms with van der Waals surface area (Å²) in [4.78, 5) is 28.9. The van der Waals surface area contributed by atoms with Gasteiger partial charge in [0.15, 0.2) is 5.75 Å². The Hall–Kier alpha value is -2.31. The number of carbonyl (C=O) groups is 1. The van der Waals surface area contributed by atoms with Crippen molar-refractivity contribution < 1.29 is 9.53 Å². The van der Waals surface area contributed by atoms with Crippen molar-refractivity contribution in [2.24, 2.45) is 5.92 Å². The van der Waals surface area contributed by atoms with E-state index in [-0.39, 0.29) is 23.0 Å². The summed E-state index contributed by atoms with van der Waals surface area (Å²) >= 11 is 11.9. The lowest BCUT2D eigenvalue weighted by Crippen LogP contribution is -2.12. The zero-order valence-electron chi connectivity index (χ0n) is 12.2. The van der Waals surface area contributed by atoms with E-state index in [1.165, 1.54) is 12.3 Å². The number of pyridine rings is 2. The zero-order valence-corrected chi connectivity index (χ0v) is 13.7. The first kappa shape index (κ1) is 15.2. The highest BCUT2D eigenvalue weighted by molar-refractivity contribution is 6.37. The molecule has 1 saturated carbocycles. The van der Waals surface area contributed by atoms with Crippen LogP contribution < -0.4 is 4.74 Å². The van der Waals surface area contributed by atoms with E-state index >= 15 is 0 Å². The number of hydrogen-bond acceptors (Lipinski definition) is 6. The number of carbonyl (C=O) groups excluding carboxylic acids is 1. The maximum Gasteiger partial charge on any atom is 0.315 e. The maximum absolute atomic E-state index is 12.3. The lowest BCUT2D eigenvalue weighted by atomic mass is 10.3. The topological polar surface area (TPSA) is 77.9 Å². The average Bonchev–Trinajstić information content (AvgIpc) is 3.36. The number of fused-ring (bicyclic) bond motifs is 1. The van der Waals surface area contributed by atoms with Crippen LogP contribution in [0.4, 0.5) is 0 Å². The standard InChI is InChI=1S/C16H10Cl2N4O2/c17-11-6-13(18)22-12-4-8(7-21-14(11)12)24-16(23)10-5-9(10)15-19-2-1-3-20-15/h1-4,6-7,9-10H,5H2. The molecule has 3 aromatic heterocycles. The molecule has 3 heterocycles. The van der Waals surface area contributed by atoms with Crippen molar-refractivity contribution in [3.05, 3.63) is 52.8 Å². The molecule has 2 atom stereocenters. The van der Waals surface area contributed by atoms with Gasteiger partial charge in [0.1, 0.15) is 16.5 Å². The zero-order chi connectivity index (χ0) is 16.7. The third-order valence-electron chi connectivity index (χ3n) is 3.77. The molecule has 24 heavy (non-hydrogen) atoms. The van der Waals surface area contributed by atoms with Gasteiger partial charge in [0.2, 0.25) is 0 Å². The van der Waals surface area contributed by atoms with Gasteiger partial charge in [0.25, 0.3) is 0 Å². The Morgan fingerprint density at radius 3 is 2.75 bits per heavy atom. The Bertz CT molecular complexity index is 936. The normalized spacial score (nSPS) is 19.2. The maximum atomic E-state index is 12.3. The Labute approximate surface area is 146 Å². The first-order chi connectivity index (χ1) is 11.6. The lowest BCUT2D eigenvalue weighted by Gasteiger charge is -2.05. The fourth-order valence-electron chi connectivity index (χ4n) is 2.51. The number of halogens is 2. The number of aromatic nitrogens is 4. The number of esters is 1. The summed E-state index contributed by atoms with van der Waals surface area (Å²) in [5.41, 5.74) is 0.972. The van der Waals surface area contributed by atoms with Crippen LogP contribution in [0.2, 0.25) is 10.2 Å². The molecule has 0 N–H and O–H groups in total. The van der Waals surface area contributed by atoms with E-state index in [0.717, 1.165) is 0 Å². The van der Waals surface area contributed by atoms with E-state index in [1.54, 1.807) is 24.5 Å². The molecule has 0 bridgehead atoms. The molecule has 0 saturated heterocycles. The van der Waals surface area contributed by atoms with Gasteiger partial charge in [0.05, 0.1) is 22.7 Å². The van der Waals surface area contributed by atoms with Crippen molar-refractivity contribution >= 4 is 40.2 Å². The lowest BCUT2D eigenvalue weighted by molar-refractivity contribution is -0.135. The Morgan fingerprint density at radius 2 is 1.96 bits per heavy atom. The molecule has 120 valence electrons. The van der Waals surface area contributed by atoms with Crippen LogP contribution in [-0.2, 0) is 4.79 Å². The molecule has 2 unspecified atom stereocenters. The number of rotatable bonds is 3. The van der Waals surface area contributed by atoms with E-state index in [4.69, 9.17) is 27.9 Å². The van der Waals surface area contributed by atoms with Crippen molar-refractivity contribution in [3.8, 4) is 5.75 Å². The van der Waals surface area contributed by atoms with E-state index in [0.29, 0.717) is 34.1 Å². The van der Waals surface area contributed by atoms with E-state index in [1.807, 2.05) is 0 Å². The van der Waals surface area contributed by atoms with Crippen LogP contribution in [-0.4, -0.2) is 25.9 Å². The molecule has 0 amide bonds. The highest BCUT2D eigenvalue weighted by Crippen LogP contribution is 2.46. The van der Waals surface area contributed by atoms with Crippen LogP contribution in [0.15, 0.2) is 36.8 Å². The van der Waals surface area contributed by atoms with Crippen molar-refractivity contribution in [3.63, 3.8) is 0 Å². The highest BCUT2D eigenvalue weighted by atomic mass is 35.5. The summed E-state index contributed by atoms with van der Waals surface area (Å²) in [5, 5.41) is 0.646. The third kappa shape index (κ3) is 2.90. The minimum Gasteiger partial charge on any atom is -0.425 e. The van der Waals surface area contributed by atoms with Gasteiger partial charge in [-0.15, -0.1) is 0 Å². The molecule has 1 aliphatic carbocycles. The summed E-state index contributed by atoms with van der Waals surface area (Å²) < 4.78 is 5.39. The smallest absolute Gasteiger partial charge is 0.315 e. The van der Waals surface area contributed by atoms with Gasteiger partial charge in [-0.2, -0.15) is 0 Å². The van der Waals surface area contributed by atoms with Crippen molar-refractivity contribution in [1.82, 2.24) is 19.9 Å². The van der Waals surface area contributed by atoms with Gasteiger partial charge in [0, 0.05) is 24.4 Å². The van der Waals surface area contributed by atoms with Crippen LogP contribution in [0, 0.1) is 5.92 Å². The van der Waals surface area contributed by atoms with Crippen LogP contribution in [0.5, 0.6) is 5.75 Å². The molecule has 1 aliphatic rings. The van der Waals surface area contributed by atoms with E-state index < -0.39 is 0 Å². The quantitative estimate of drug-likeness (QED) is 0.525. The number of ether oxygens (including phenoxy) is 1. The summed E-state index contributed by atoms with van der Waals surface area (Å²) in [7, 11) is 0. The molecule has 0 spiro atoms. The first-order valence-electron chi connectivity index (χ1n) is 7.22. The molecule has 0 aromatic carbocycles. The monoisotopic (exact) mass is 360 g/mol. The van der Waals surface area contributed by atoms with Crippen molar-refractivity contribution in [1.29, 1.82) is 0 Å².